The van der Waals surface area contributed by atoms with Crippen molar-refractivity contribution < 1.29 is 9.53 Å². The van der Waals surface area contributed by atoms with Crippen molar-refractivity contribution in [3.05, 3.63) is 53.5 Å². The second-order valence-corrected chi connectivity index (χ2v) is 6.03. The third-order valence-electron chi connectivity index (χ3n) is 3.53. The number of thiazole rings is 1. The van der Waals surface area contributed by atoms with Crippen molar-refractivity contribution >= 4 is 28.8 Å². The molecular weight excluding hydrogens is 324 g/mol. The first kappa shape index (κ1) is 14.5. The Labute approximate surface area is 141 Å². The van der Waals surface area contributed by atoms with Gasteiger partial charge in [-0.3, -0.25) is 9.78 Å². The zero-order chi connectivity index (χ0) is 16.5. The van der Waals surface area contributed by atoms with Gasteiger partial charge in [-0.05, 0) is 18.6 Å². The zero-order valence-electron chi connectivity index (χ0n) is 12.7. The van der Waals surface area contributed by atoms with E-state index in [2.05, 4.69) is 9.97 Å². The molecule has 7 heteroatoms. The zero-order valence-corrected chi connectivity index (χ0v) is 13.5. The standard InChI is InChI=1S/C17H12N4O2S/c1-11-7-13-16(18-8-11)15(12-5-3-2-4-6-12)20-21(13)17-19-14(9-24-17)23-10-22/h2-10H,1H3. The Kier molecular flexibility index (Phi) is 3.55. The number of fused-ring (bicyclic) bond motifs is 1. The maximum atomic E-state index is 10.5. The second-order valence-electron chi connectivity index (χ2n) is 5.19. The molecule has 0 aliphatic carbocycles. The molecule has 0 saturated carbocycles. The van der Waals surface area contributed by atoms with Crippen molar-refractivity contribution in [3.8, 4) is 22.3 Å². The lowest BCUT2D eigenvalue weighted by molar-refractivity contribution is -0.120. The summed E-state index contributed by atoms with van der Waals surface area (Å²) in [7, 11) is 0. The van der Waals surface area contributed by atoms with Crippen LogP contribution in [0.3, 0.4) is 0 Å². The van der Waals surface area contributed by atoms with Gasteiger partial charge in [0.05, 0.1) is 10.9 Å². The average molecular weight is 336 g/mol. The van der Waals surface area contributed by atoms with Crippen LogP contribution in [0.15, 0.2) is 48.0 Å². The summed E-state index contributed by atoms with van der Waals surface area (Å²) in [5.74, 6) is 0.260. The van der Waals surface area contributed by atoms with Crippen molar-refractivity contribution in [2.24, 2.45) is 0 Å². The molecule has 0 radical (unpaired) electrons. The first-order chi connectivity index (χ1) is 11.8. The second kappa shape index (κ2) is 5.86. The van der Waals surface area contributed by atoms with Crippen LogP contribution in [0.25, 0.3) is 27.4 Å². The van der Waals surface area contributed by atoms with E-state index >= 15 is 0 Å². The molecule has 1 aromatic carbocycles. The predicted octanol–water partition coefficient (Wildman–Crippen LogP) is 3.39. The number of carbonyl (C=O) groups excluding carboxylic acids is 1. The maximum Gasteiger partial charge on any atom is 0.299 e. The molecule has 3 heterocycles. The van der Waals surface area contributed by atoms with Gasteiger partial charge < -0.3 is 4.74 Å². The molecule has 4 aromatic rings. The van der Waals surface area contributed by atoms with E-state index < -0.39 is 0 Å². The van der Waals surface area contributed by atoms with Gasteiger partial charge in [-0.1, -0.05) is 41.7 Å². The maximum absolute atomic E-state index is 10.5. The fourth-order valence-corrected chi connectivity index (χ4v) is 3.18. The summed E-state index contributed by atoms with van der Waals surface area (Å²) in [6, 6.07) is 11.9. The molecule has 0 fully saturated rings. The van der Waals surface area contributed by atoms with E-state index in [1.807, 2.05) is 49.5 Å². The highest BCUT2D eigenvalue weighted by molar-refractivity contribution is 7.12. The minimum atomic E-state index is 0.260. The van der Waals surface area contributed by atoms with Crippen LogP contribution < -0.4 is 4.74 Å². The molecule has 0 aliphatic rings. The molecule has 24 heavy (non-hydrogen) atoms. The van der Waals surface area contributed by atoms with Crippen LogP contribution in [0.2, 0.25) is 0 Å². The number of aromatic nitrogens is 4. The summed E-state index contributed by atoms with van der Waals surface area (Å²) >= 11 is 1.35. The van der Waals surface area contributed by atoms with E-state index in [0.717, 1.165) is 27.9 Å². The normalized spacial score (nSPS) is 10.9. The summed E-state index contributed by atoms with van der Waals surface area (Å²) in [5.41, 5.74) is 4.47. The lowest BCUT2D eigenvalue weighted by Crippen LogP contribution is -1.97. The molecule has 6 nitrogen and oxygen atoms in total. The third-order valence-corrected chi connectivity index (χ3v) is 4.32. The molecule has 0 spiro atoms. The van der Waals surface area contributed by atoms with Gasteiger partial charge in [0.2, 0.25) is 11.0 Å². The molecule has 0 saturated heterocycles. The summed E-state index contributed by atoms with van der Waals surface area (Å²) in [5, 5.41) is 6.99. The predicted molar refractivity (Wildman–Crippen MR) is 91.4 cm³/mol. The van der Waals surface area contributed by atoms with Gasteiger partial charge in [0, 0.05) is 11.8 Å². The number of benzene rings is 1. The highest BCUT2D eigenvalue weighted by atomic mass is 32.1. The number of rotatable bonds is 4. The highest BCUT2D eigenvalue weighted by Gasteiger charge is 2.17. The number of hydrogen-bond acceptors (Lipinski definition) is 6. The van der Waals surface area contributed by atoms with Crippen LogP contribution in [0, 0.1) is 6.92 Å². The van der Waals surface area contributed by atoms with Crippen LogP contribution in [0.5, 0.6) is 5.88 Å². The van der Waals surface area contributed by atoms with Gasteiger partial charge in [0.25, 0.3) is 6.47 Å². The van der Waals surface area contributed by atoms with Crippen molar-refractivity contribution in [1.29, 1.82) is 0 Å². The summed E-state index contributed by atoms with van der Waals surface area (Å²) < 4.78 is 6.53. The number of hydrogen-bond donors (Lipinski definition) is 0. The molecule has 0 amide bonds. The van der Waals surface area contributed by atoms with Crippen LogP contribution in [-0.4, -0.2) is 26.2 Å². The molecule has 0 aliphatic heterocycles. The average Bonchev–Trinajstić information content (AvgIpc) is 3.20. The molecule has 0 N–H and O–H groups in total. The molecule has 0 unspecified atom stereocenters. The van der Waals surface area contributed by atoms with E-state index in [-0.39, 0.29) is 5.88 Å². The van der Waals surface area contributed by atoms with E-state index in [1.165, 1.54) is 11.3 Å². The van der Waals surface area contributed by atoms with E-state index in [1.54, 1.807) is 10.1 Å². The van der Waals surface area contributed by atoms with Crippen LogP contribution in [0.4, 0.5) is 0 Å². The fraction of sp³-hybridized carbons (Fsp3) is 0.0588. The molecule has 3 aromatic heterocycles. The SMILES string of the molecule is Cc1cnc2c(-c3ccccc3)nn(-c3nc(OC=O)cs3)c2c1. The quantitative estimate of drug-likeness (QED) is 0.534. The van der Waals surface area contributed by atoms with Crippen LogP contribution in [-0.2, 0) is 4.79 Å². The van der Waals surface area contributed by atoms with Gasteiger partial charge in [-0.25, -0.2) is 4.68 Å². The third kappa shape index (κ3) is 2.44. The minimum Gasteiger partial charge on any atom is -0.409 e. The van der Waals surface area contributed by atoms with Gasteiger partial charge in [0.15, 0.2) is 0 Å². The molecule has 4 rings (SSSR count). The Hall–Kier alpha value is -3.06. The molecule has 0 atom stereocenters. The molecule has 118 valence electrons. The number of carbonyl (C=O) groups is 1. The summed E-state index contributed by atoms with van der Waals surface area (Å²) in [4.78, 5) is 19.3. The summed E-state index contributed by atoms with van der Waals surface area (Å²) in [6.45, 7) is 2.34. The van der Waals surface area contributed by atoms with Crippen molar-refractivity contribution in [2.45, 2.75) is 6.92 Å². The van der Waals surface area contributed by atoms with Crippen molar-refractivity contribution in [1.82, 2.24) is 19.7 Å². The molecule has 0 bridgehead atoms. The van der Waals surface area contributed by atoms with E-state index in [4.69, 9.17) is 9.84 Å². The van der Waals surface area contributed by atoms with Crippen LogP contribution in [0.1, 0.15) is 5.56 Å². The van der Waals surface area contributed by atoms with E-state index in [0.29, 0.717) is 11.6 Å². The van der Waals surface area contributed by atoms with Gasteiger partial charge in [-0.2, -0.15) is 10.1 Å². The number of aryl methyl sites for hydroxylation is 1. The van der Waals surface area contributed by atoms with E-state index in [9.17, 15) is 4.79 Å². The fourth-order valence-electron chi connectivity index (χ4n) is 2.49. The van der Waals surface area contributed by atoms with Crippen LogP contribution >= 0.6 is 11.3 Å². The first-order valence-corrected chi connectivity index (χ1v) is 8.11. The minimum absolute atomic E-state index is 0.260. The Morgan fingerprint density at radius 1 is 1.25 bits per heavy atom. The van der Waals surface area contributed by atoms with Crippen molar-refractivity contribution in [2.75, 3.05) is 0 Å². The van der Waals surface area contributed by atoms with Gasteiger partial charge in [0.1, 0.15) is 11.2 Å². The highest BCUT2D eigenvalue weighted by Crippen LogP contribution is 2.30. The van der Waals surface area contributed by atoms with Gasteiger partial charge in [-0.15, -0.1) is 0 Å². The Morgan fingerprint density at radius 3 is 2.88 bits per heavy atom. The Bertz CT molecular complexity index is 1020. The lowest BCUT2D eigenvalue weighted by Gasteiger charge is -1.98. The lowest BCUT2D eigenvalue weighted by atomic mass is 10.1. The first-order valence-electron chi connectivity index (χ1n) is 7.23. The molecular formula is C17H12N4O2S. The van der Waals surface area contributed by atoms with Crippen molar-refractivity contribution in [3.63, 3.8) is 0 Å². The number of ether oxygens (including phenoxy) is 1. The topological polar surface area (TPSA) is 69.9 Å². The largest absolute Gasteiger partial charge is 0.409 e. The smallest absolute Gasteiger partial charge is 0.299 e. The number of pyridine rings is 1. The Morgan fingerprint density at radius 2 is 2.08 bits per heavy atom. The number of nitrogens with zero attached hydrogens (tertiary/aromatic N) is 4. The summed E-state index contributed by atoms with van der Waals surface area (Å²) in [6.07, 6.45) is 1.82. The monoisotopic (exact) mass is 336 g/mol. The van der Waals surface area contributed by atoms with Gasteiger partial charge >= 0.3 is 0 Å². The Balaban J connectivity index is 1.94.